The Hall–Kier alpha value is -1.28. The molecule has 4 nitrogen and oxygen atoms in total. The van der Waals surface area contributed by atoms with E-state index in [1.54, 1.807) is 18.2 Å². The second kappa shape index (κ2) is 6.60. The molecule has 96 valence electrons. The number of carbonyl (C=O) groups excluding carboxylic acids is 1. The first-order chi connectivity index (χ1) is 8.43. The number of benzene rings is 1. The Kier molecular flexibility index (Phi) is 5.42. The van der Waals surface area contributed by atoms with Crippen LogP contribution >= 0.6 is 23.2 Å². The maximum absolute atomic E-state index is 11.6. The van der Waals surface area contributed by atoms with Crippen molar-refractivity contribution in [3.05, 3.63) is 33.8 Å². The molecule has 1 N–H and O–H groups in total. The van der Waals surface area contributed by atoms with Gasteiger partial charge in [-0.05, 0) is 23.8 Å². The van der Waals surface area contributed by atoms with Crippen LogP contribution in [0.15, 0.2) is 18.2 Å². The van der Waals surface area contributed by atoms with Crippen molar-refractivity contribution in [2.75, 3.05) is 13.6 Å². The molecule has 0 fully saturated rings. The zero-order chi connectivity index (χ0) is 13.7. The molecule has 0 saturated heterocycles. The predicted molar refractivity (Wildman–Crippen MR) is 69.3 cm³/mol. The highest BCUT2D eigenvalue weighted by Crippen LogP contribution is 2.25. The number of hydrogen-bond donors (Lipinski definition) is 1. The van der Waals surface area contributed by atoms with E-state index in [-0.39, 0.29) is 18.9 Å². The lowest BCUT2D eigenvalue weighted by Gasteiger charge is -2.16. The van der Waals surface area contributed by atoms with Crippen LogP contribution in [0.5, 0.6) is 0 Å². The first kappa shape index (κ1) is 14.8. The van der Waals surface area contributed by atoms with Crippen LogP contribution in [0.25, 0.3) is 0 Å². The van der Waals surface area contributed by atoms with E-state index in [1.807, 2.05) is 6.07 Å². The van der Waals surface area contributed by atoms with E-state index >= 15 is 0 Å². The number of nitriles is 1. The molecule has 1 aromatic carbocycles. The van der Waals surface area contributed by atoms with Gasteiger partial charge in [0.15, 0.2) is 0 Å². The smallest absolute Gasteiger partial charge is 0.226 e. The number of rotatable bonds is 4. The third kappa shape index (κ3) is 4.19. The van der Waals surface area contributed by atoms with Crippen LogP contribution in [0, 0.1) is 11.3 Å². The molecule has 1 aromatic rings. The second-order valence-corrected chi connectivity index (χ2v) is 4.70. The predicted octanol–water partition coefficient (Wildman–Crippen LogP) is 2.40. The molecular weight excluding hydrogens is 275 g/mol. The quantitative estimate of drug-likeness (QED) is 0.865. The van der Waals surface area contributed by atoms with Crippen molar-refractivity contribution in [1.29, 1.82) is 5.26 Å². The number of halogens is 2. The summed E-state index contributed by atoms with van der Waals surface area (Å²) in [7, 11) is 1.50. The summed E-state index contributed by atoms with van der Waals surface area (Å²) in [5.74, 6) is -0.319. The Morgan fingerprint density at radius 2 is 2.00 bits per heavy atom. The molecule has 0 radical (unpaired) electrons. The monoisotopic (exact) mass is 286 g/mol. The highest BCUT2D eigenvalue weighted by atomic mass is 35.5. The third-order valence-corrected chi connectivity index (χ3v) is 2.81. The van der Waals surface area contributed by atoms with Gasteiger partial charge in [-0.15, -0.1) is 0 Å². The van der Waals surface area contributed by atoms with E-state index in [2.05, 4.69) is 0 Å². The summed E-state index contributed by atoms with van der Waals surface area (Å²) in [6.45, 7) is -0.0120. The lowest BCUT2D eigenvalue weighted by molar-refractivity contribution is -0.131. The molecule has 0 aliphatic heterocycles. The summed E-state index contributed by atoms with van der Waals surface area (Å²) in [6.07, 6.45) is -1.11. The summed E-state index contributed by atoms with van der Waals surface area (Å²) in [5.41, 5.74) is 0.478. The molecule has 0 bridgehead atoms. The van der Waals surface area contributed by atoms with Crippen LogP contribution in [0.4, 0.5) is 0 Å². The van der Waals surface area contributed by atoms with Crippen molar-refractivity contribution in [2.24, 2.45) is 0 Å². The molecule has 6 heteroatoms. The molecule has 18 heavy (non-hydrogen) atoms. The summed E-state index contributed by atoms with van der Waals surface area (Å²) < 4.78 is 0. The summed E-state index contributed by atoms with van der Waals surface area (Å²) in [5, 5.41) is 19.2. The molecular formula is C12H12Cl2N2O2. The van der Waals surface area contributed by atoms with Gasteiger partial charge >= 0.3 is 0 Å². The van der Waals surface area contributed by atoms with E-state index < -0.39 is 6.10 Å². The molecule has 1 unspecified atom stereocenters. The van der Waals surface area contributed by atoms with Gasteiger partial charge in [-0.2, -0.15) is 5.26 Å². The van der Waals surface area contributed by atoms with Gasteiger partial charge in [0.05, 0.1) is 18.6 Å². The zero-order valence-electron chi connectivity index (χ0n) is 9.73. The van der Waals surface area contributed by atoms with Crippen LogP contribution in [0.3, 0.4) is 0 Å². The van der Waals surface area contributed by atoms with E-state index in [9.17, 15) is 9.90 Å². The third-order valence-electron chi connectivity index (χ3n) is 2.37. The summed E-state index contributed by atoms with van der Waals surface area (Å²) >= 11 is 11.6. The van der Waals surface area contributed by atoms with Gasteiger partial charge in [-0.25, -0.2) is 0 Å². The molecule has 1 rings (SSSR count). The van der Waals surface area contributed by atoms with E-state index in [0.717, 1.165) is 0 Å². The van der Waals surface area contributed by atoms with Gasteiger partial charge in [-0.1, -0.05) is 23.2 Å². The van der Waals surface area contributed by atoms with Crippen molar-refractivity contribution in [2.45, 2.75) is 12.5 Å². The number of carbonyl (C=O) groups is 1. The fraction of sp³-hybridized carbons (Fsp3) is 0.333. The topological polar surface area (TPSA) is 64.3 Å². The van der Waals surface area contributed by atoms with Crippen LogP contribution in [0.1, 0.15) is 18.1 Å². The first-order valence-electron chi connectivity index (χ1n) is 5.19. The van der Waals surface area contributed by atoms with Gasteiger partial charge in [-0.3, -0.25) is 4.79 Å². The molecule has 0 heterocycles. The average molecular weight is 287 g/mol. The van der Waals surface area contributed by atoms with Crippen molar-refractivity contribution >= 4 is 29.1 Å². The minimum absolute atomic E-state index is 0.0120. The van der Waals surface area contributed by atoms with E-state index in [0.29, 0.717) is 15.6 Å². The fourth-order valence-corrected chi connectivity index (χ4v) is 1.94. The van der Waals surface area contributed by atoms with Crippen LogP contribution < -0.4 is 0 Å². The van der Waals surface area contributed by atoms with Crippen LogP contribution in [0.2, 0.25) is 10.0 Å². The molecule has 0 spiro atoms. The standard InChI is InChI=1S/C12H12Cl2N2O2/c1-16(3-2-15)12(18)7-11(17)8-4-9(13)6-10(14)5-8/h4-6,11,17H,3,7H2,1H3. The minimum Gasteiger partial charge on any atom is -0.388 e. The maximum Gasteiger partial charge on any atom is 0.226 e. The van der Waals surface area contributed by atoms with Crippen molar-refractivity contribution in [3.8, 4) is 6.07 Å². The molecule has 1 amide bonds. The van der Waals surface area contributed by atoms with E-state index in [1.165, 1.54) is 11.9 Å². The van der Waals surface area contributed by atoms with Gasteiger partial charge in [0.25, 0.3) is 0 Å². The SMILES string of the molecule is CN(CC#N)C(=O)CC(O)c1cc(Cl)cc(Cl)c1. The van der Waals surface area contributed by atoms with Crippen LogP contribution in [-0.4, -0.2) is 29.5 Å². The Morgan fingerprint density at radius 1 is 1.44 bits per heavy atom. The molecule has 0 aromatic heterocycles. The van der Waals surface area contributed by atoms with Crippen molar-refractivity contribution < 1.29 is 9.90 Å². The average Bonchev–Trinajstić information content (AvgIpc) is 2.27. The first-order valence-corrected chi connectivity index (χ1v) is 5.94. The Morgan fingerprint density at radius 3 is 2.50 bits per heavy atom. The molecule has 0 aliphatic rings. The summed E-state index contributed by atoms with van der Waals surface area (Å²) in [6, 6.07) is 6.51. The fourth-order valence-electron chi connectivity index (χ4n) is 1.40. The van der Waals surface area contributed by atoms with E-state index in [4.69, 9.17) is 28.5 Å². The molecule has 0 saturated carbocycles. The number of nitrogens with zero attached hydrogens (tertiary/aromatic N) is 2. The number of aliphatic hydroxyl groups is 1. The lowest BCUT2D eigenvalue weighted by atomic mass is 10.1. The minimum atomic E-state index is -0.991. The maximum atomic E-state index is 11.6. The molecule has 0 aliphatic carbocycles. The Bertz CT molecular complexity index is 465. The number of aliphatic hydroxyl groups excluding tert-OH is 1. The highest BCUT2D eigenvalue weighted by molar-refractivity contribution is 6.34. The van der Waals surface area contributed by atoms with Crippen molar-refractivity contribution in [1.82, 2.24) is 4.90 Å². The Balaban J connectivity index is 2.73. The van der Waals surface area contributed by atoms with Gasteiger partial charge in [0.2, 0.25) is 5.91 Å². The normalized spacial score (nSPS) is 11.7. The van der Waals surface area contributed by atoms with Gasteiger partial charge in [0, 0.05) is 17.1 Å². The Labute approximate surface area is 115 Å². The lowest BCUT2D eigenvalue weighted by Crippen LogP contribution is -2.28. The largest absolute Gasteiger partial charge is 0.388 e. The highest BCUT2D eigenvalue weighted by Gasteiger charge is 2.17. The van der Waals surface area contributed by atoms with Gasteiger partial charge in [0.1, 0.15) is 6.54 Å². The second-order valence-electron chi connectivity index (χ2n) is 3.83. The van der Waals surface area contributed by atoms with Crippen LogP contribution in [-0.2, 0) is 4.79 Å². The molecule has 1 atom stereocenters. The summed E-state index contributed by atoms with van der Waals surface area (Å²) in [4.78, 5) is 12.9. The number of hydrogen-bond acceptors (Lipinski definition) is 3. The van der Waals surface area contributed by atoms with Crippen molar-refractivity contribution in [3.63, 3.8) is 0 Å². The number of amides is 1. The zero-order valence-corrected chi connectivity index (χ0v) is 11.2. The van der Waals surface area contributed by atoms with Gasteiger partial charge < -0.3 is 10.0 Å².